The number of nitrogens with one attached hydrogen (secondary N) is 1. The first-order chi connectivity index (χ1) is 15.6. The Labute approximate surface area is 216 Å². The van der Waals surface area contributed by atoms with E-state index in [1.165, 1.54) is 17.0 Å². The molecule has 0 saturated heterocycles. The summed E-state index contributed by atoms with van der Waals surface area (Å²) in [5, 5.41) is 3.81. The molecular formula is C23H28Cl3N3O4S. The average Bonchev–Trinajstić information content (AvgIpc) is 2.69. The van der Waals surface area contributed by atoms with Crippen LogP contribution in [-0.4, -0.2) is 49.5 Å². The lowest BCUT2D eigenvalue weighted by atomic mass is 10.1. The number of carbonyl (C=O) groups is 2. The van der Waals surface area contributed by atoms with Gasteiger partial charge in [0.1, 0.15) is 12.6 Å². The van der Waals surface area contributed by atoms with Gasteiger partial charge in [-0.1, -0.05) is 46.9 Å². The van der Waals surface area contributed by atoms with Crippen LogP contribution in [0.1, 0.15) is 33.3 Å². The minimum Gasteiger partial charge on any atom is -0.350 e. The molecule has 2 amide bonds. The Kier molecular flexibility index (Phi) is 9.27. The lowest BCUT2D eigenvalue weighted by molar-refractivity contribution is -0.140. The first kappa shape index (κ1) is 28.2. The number of hydrogen-bond acceptors (Lipinski definition) is 4. The summed E-state index contributed by atoms with van der Waals surface area (Å²) < 4.78 is 26.0. The summed E-state index contributed by atoms with van der Waals surface area (Å²) in [7, 11) is -3.85. The molecule has 1 N–H and O–H groups in total. The number of halogens is 3. The molecule has 2 aromatic carbocycles. The van der Waals surface area contributed by atoms with Gasteiger partial charge in [0.2, 0.25) is 21.8 Å². The van der Waals surface area contributed by atoms with Crippen molar-refractivity contribution in [2.75, 3.05) is 17.1 Å². The number of amides is 2. The smallest absolute Gasteiger partial charge is 0.244 e. The van der Waals surface area contributed by atoms with Crippen molar-refractivity contribution in [2.24, 2.45) is 0 Å². The van der Waals surface area contributed by atoms with E-state index in [-0.39, 0.29) is 12.2 Å². The highest BCUT2D eigenvalue weighted by Gasteiger charge is 2.32. The number of carbonyl (C=O) groups excluding carboxylic acids is 2. The van der Waals surface area contributed by atoms with Gasteiger partial charge in [0.25, 0.3) is 0 Å². The highest BCUT2D eigenvalue weighted by Crippen LogP contribution is 2.27. The molecule has 0 saturated carbocycles. The Morgan fingerprint density at radius 1 is 1.03 bits per heavy atom. The summed E-state index contributed by atoms with van der Waals surface area (Å²) in [6.45, 7) is 6.38. The van der Waals surface area contributed by atoms with Gasteiger partial charge >= 0.3 is 0 Å². The number of rotatable bonds is 8. The Morgan fingerprint density at radius 2 is 1.59 bits per heavy atom. The number of nitrogens with zero attached hydrogens (tertiary/aromatic N) is 2. The zero-order chi connectivity index (χ0) is 25.8. The van der Waals surface area contributed by atoms with Crippen LogP contribution in [0.2, 0.25) is 15.1 Å². The van der Waals surface area contributed by atoms with E-state index >= 15 is 0 Å². The quantitative estimate of drug-likeness (QED) is 0.516. The third kappa shape index (κ3) is 7.77. The molecule has 11 heteroatoms. The molecule has 2 aromatic rings. The standard InChI is InChI=1S/C23H28Cl3N3O4S/c1-15(22(31)27-23(2,3)4)28(13-18-19(25)10-7-11-20(18)26)21(30)14-29(34(5,32)33)17-9-6-8-16(24)12-17/h6-12,15H,13-14H2,1-5H3,(H,27,31)/t15-/m1/s1. The lowest BCUT2D eigenvalue weighted by Gasteiger charge is -2.33. The minimum atomic E-state index is -3.85. The van der Waals surface area contributed by atoms with Gasteiger partial charge in [0.05, 0.1) is 11.9 Å². The second-order valence-electron chi connectivity index (χ2n) is 8.89. The largest absolute Gasteiger partial charge is 0.350 e. The summed E-state index contributed by atoms with van der Waals surface area (Å²) in [6, 6.07) is 10.1. The molecule has 0 spiro atoms. The van der Waals surface area contributed by atoms with Gasteiger partial charge in [-0.05, 0) is 58.0 Å². The molecule has 0 aliphatic rings. The van der Waals surface area contributed by atoms with Crippen LogP contribution in [-0.2, 0) is 26.2 Å². The maximum Gasteiger partial charge on any atom is 0.244 e. The molecule has 1 atom stereocenters. The van der Waals surface area contributed by atoms with E-state index in [4.69, 9.17) is 34.8 Å². The van der Waals surface area contributed by atoms with Crippen molar-refractivity contribution in [2.45, 2.75) is 45.8 Å². The van der Waals surface area contributed by atoms with Crippen LogP contribution >= 0.6 is 34.8 Å². The number of sulfonamides is 1. The van der Waals surface area contributed by atoms with Crippen molar-refractivity contribution < 1.29 is 18.0 Å². The van der Waals surface area contributed by atoms with Crippen LogP contribution in [0, 0.1) is 0 Å². The van der Waals surface area contributed by atoms with E-state index in [9.17, 15) is 18.0 Å². The normalized spacial score (nSPS) is 12.7. The lowest BCUT2D eigenvalue weighted by Crippen LogP contribution is -2.54. The van der Waals surface area contributed by atoms with Crippen molar-refractivity contribution in [1.29, 1.82) is 0 Å². The molecule has 186 valence electrons. The second-order valence-corrected chi connectivity index (χ2v) is 12.0. The van der Waals surface area contributed by atoms with E-state index in [1.54, 1.807) is 37.3 Å². The first-order valence-corrected chi connectivity index (χ1v) is 13.4. The molecule has 0 heterocycles. The topological polar surface area (TPSA) is 86.8 Å². The van der Waals surface area contributed by atoms with Gasteiger partial charge in [-0.15, -0.1) is 0 Å². The zero-order valence-corrected chi connectivity index (χ0v) is 22.7. The predicted octanol–water partition coefficient (Wildman–Crippen LogP) is 4.74. The molecular weight excluding hydrogens is 521 g/mol. The Bertz CT molecular complexity index is 1150. The molecule has 0 bridgehead atoms. The molecule has 7 nitrogen and oxygen atoms in total. The highest BCUT2D eigenvalue weighted by molar-refractivity contribution is 7.92. The Balaban J connectivity index is 2.47. The maximum atomic E-state index is 13.5. The average molecular weight is 549 g/mol. The fraction of sp³-hybridized carbons (Fsp3) is 0.391. The Hall–Kier alpha value is -2.00. The van der Waals surface area contributed by atoms with Crippen molar-refractivity contribution in [1.82, 2.24) is 10.2 Å². The molecule has 2 rings (SSSR count). The van der Waals surface area contributed by atoms with Crippen molar-refractivity contribution in [3.8, 4) is 0 Å². The zero-order valence-electron chi connectivity index (χ0n) is 19.6. The SMILES string of the molecule is C[C@H](C(=O)NC(C)(C)C)N(Cc1c(Cl)cccc1Cl)C(=O)CN(c1cccc(Cl)c1)S(C)(=O)=O. The van der Waals surface area contributed by atoms with E-state index < -0.39 is 40.0 Å². The molecule has 0 radical (unpaired) electrons. The van der Waals surface area contributed by atoms with E-state index in [1.807, 2.05) is 20.8 Å². The molecule has 0 unspecified atom stereocenters. The van der Waals surface area contributed by atoms with Crippen LogP contribution in [0.5, 0.6) is 0 Å². The van der Waals surface area contributed by atoms with Crippen LogP contribution in [0.4, 0.5) is 5.69 Å². The van der Waals surface area contributed by atoms with Gasteiger partial charge in [-0.25, -0.2) is 8.42 Å². The van der Waals surface area contributed by atoms with E-state index in [0.717, 1.165) is 10.6 Å². The molecule has 0 aliphatic heterocycles. The molecule has 0 aliphatic carbocycles. The first-order valence-electron chi connectivity index (χ1n) is 10.4. The van der Waals surface area contributed by atoms with Gasteiger partial charge in [-0.3, -0.25) is 13.9 Å². The third-order valence-corrected chi connectivity index (χ3v) is 6.91. The van der Waals surface area contributed by atoms with Crippen molar-refractivity contribution in [3.05, 3.63) is 63.1 Å². The Morgan fingerprint density at radius 3 is 2.09 bits per heavy atom. The van der Waals surface area contributed by atoms with Crippen LogP contribution < -0.4 is 9.62 Å². The van der Waals surface area contributed by atoms with Gasteiger partial charge in [0, 0.05) is 32.7 Å². The molecule has 0 fully saturated rings. The highest BCUT2D eigenvalue weighted by atomic mass is 35.5. The summed E-state index contributed by atoms with van der Waals surface area (Å²) in [6.07, 6.45) is 0.992. The summed E-state index contributed by atoms with van der Waals surface area (Å²) in [5.41, 5.74) is 0.135. The minimum absolute atomic E-state index is 0.0940. The third-order valence-electron chi connectivity index (χ3n) is 4.83. The van der Waals surface area contributed by atoms with Gasteiger partial charge in [0.15, 0.2) is 0 Å². The molecule has 0 aromatic heterocycles. The summed E-state index contributed by atoms with van der Waals surface area (Å²) in [5.74, 6) is -1.02. The van der Waals surface area contributed by atoms with E-state index in [0.29, 0.717) is 20.6 Å². The maximum absolute atomic E-state index is 13.5. The number of hydrogen-bond donors (Lipinski definition) is 1. The van der Waals surface area contributed by atoms with Crippen LogP contribution in [0.3, 0.4) is 0 Å². The van der Waals surface area contributed by atoms with Crippen LogP contribution in [0.25, 0.3) is 0 Å². The van der Waals surface area contributed by atoms with Gasteiger partial charge in [-0.2, -0.15) is 0 Å². The second kappa shape index (κ2) is 11.2. The predicted molar refractivity (Wildman–Crippen MR) is 138 cm³/mol. The van der Waals surface area contributed by atoms with Crippen LogP contribution in [0.15, 0.2) is 42.5 Å². The fourth-order valence-electron chi connectivity index (χ4n) is 3.16. The monoisotopic (exact) mass is 547 g/mol. The van der Waals surface area contributed by atoms with Crippen molar-refractivity contribution in [3.63, 3.8) is 0 Å². The van der Waals surface area contributed by atoms with E-state index in [2.05, 4.69) is 5.32 Å². The summed E-state index contributed by atoms with van der Waals surface area (Å²) in [4.78, 5) is 27.7. The number of benzene rings is 2. The van der Waals surface area contributed by atoms with Gasteiger partial charge < -0.3 is 10.2 Å². The number of anilines is 1. The van der Waals surface area contributed by atoms with Crippen molar-refractivity contribution >= 4 is 62.3 Å². The molecule has 34 heavy (non-hydrogen) atoms. The fourth-order valence-corrected chi connectivity index (χ4v) is 4.70. The summed E-state index contributed by atoms with van der Waals surface area (Å²) >= 11 is 18.7.